The highest BCUT2D eigenvalue weighted by atomic mass is 31.3. The molecule has 5 aliphatic heterocycles. The van der Waals surface area contributed by atoms with Crippen molar-refractivity contribution in [2.75, 3.05) is 0 Å². The topological polar surface area (TPSA) is 139 Å². The van der Waals surface area contributed by atoms with Gasteiger partial charge in [0, 0.05) is 22.3 Å². The van der Waals surface area contributed by atoms with Crippen molar-refractivity contribution < 1.29 is 37.6 Å². The first kappa shape index (κ1) is 48.7. The summed E-state index contributed by atoms with van der Waals surface area (Å²) in [7, 11) is -12.4. The van der Waals surface area contributed by atoms with Gasteiger partial charge in [0.1, 0.15) is 34.5 Å². The van der Waals surface area contributed by atoms with E-state index in [0.717, 1.165) is 44.5 Å². The smallest absolute Gasteiger partial charge is 0.413 e. The molecule has 0 unspecified atom stereocenters. The van der Waals surface area contributed by atoms with E-state index in [1.54, 1.807) is 0 Å². The van der Waals surface area contributed by atoms with E-state index < -0.39 is 45.1 Å². The summed E-state index contributed by atoms with van der Waals surface area (Å²) < 4.78 is 59.3. The van der Waals surface area contributed by atoms with Crippen LogP contribution in [-0.4, -0.2) is 10.1 Å². The van der Waals surface area contributed by atoms with E-state index in [2.05, 4.69) is 0 Å². The lowest BCUT2D eigenvalue weighted by atomic mass is 9.89. The van der Waals surface area contributed by atoms with Gasteiger partial charge in [-0.1, -0.05) is 171 Å². The summed E-state index contributed by atoms with van der Waals surface area (Å²) in [5, 5.41) is 31.6. The van der Waals surface area contributed by atoms with E-state index in [1.165, 1.54) is 10.1 Å². The van der Waals surface area contributed by atoms with Gasteiger partial charge in [0.25, 0.3) is 0 Å². The predicted molar refractivity (Wildman–Crippen MR) is 294 cm³/mol. The molecule has 5 heterocycles. The molecule has 0 aliphatic carbocycles. The first-order valence-corrected chi connectivity index (χ1v) is 30.1. The minimum absolute atomic E-state index is 0.344. The number of para-hydroxylation sites is 4. The average molecular weight is 1070 g/mol. The number of hydrogen-bond donors (Lipinski definition) is 0. The molecule has 0 saturated carbocycles. The van der Waals surface area contributed by atoms with Gasteiger partial charge in [-0.05, 0) is 124 Å². The lowest BCUT2D eigenvalue weighted by Crippen LogP contribution is -2.44. The van der Waals surface area contributed by atoms with Crippen molar-refractivity contribution in [1.82, 2.24) is 10.1 Å². The fraction of sp³-hybridized carbons (Fsp3) is 0.200. The summed E-state index contributed by atoms with van der Waals surface area (Å²) in [4.78, 5) is 0. The highest BCUT2D eigenvalue weighted by Gasteiger charge is 2.55. The van der Waals surface area contributed by atoms with E-state index in [4.69, 9.17) is 40.7 Å². The van der Waals surface area contributed by atoms with Crippen LogP contribution in [0, 0.1) is 0 Å². The molecule has 2 spiro atoms. The molecule has 2 saturated heterocycles. The Morgan fingerprint density at radius 2 is 0.632 bits per heavy atom. The fourth-order valence-electron chi connectivity index (χ4n) is 11.5. The summed E-state index contributed by atoms with van der Waals surface area (Å²) in [5.41, 5.74) is 3.55. The number of nitrogens with zero attached hydrogens (tertiary/aromatic N) is 5. The quantitative estimate of drug-likeness (QED) is 0.137. The predicted octanol–water partition coefficient (Wildman–Crippen LogP) is 17.4. The van der Waals surface area contributed by atoms with Crippen LogP contribution in [0.4, 0.5) is 0 Å². The third-order valence-electron chi connectivity index (χ3n) is 15.9. The zero-order valence-electron chi connectivity index (χ0n) is 42.3. The largest absolute Gasteiger partial charge is 0.460 e. The Balaban J connectivity index is 0.980. The average Bonchev–Trinajstić information content (AvgIpc) is 3.79. The summed E-state index contributed by atoms with van der Waals surface area (Å²) >= 11 is 0. The SMILES string of the molecule is C[C@@]1(c2ccccc2)CC[C@@](C)(c2ccc(OP3(Oc4ccc([C@]5(C)CC[C@@](C)(c6ccccc6)N5[O])cc4)=NP4(=NP5(=N3)Oc3ccccc3-c3ccccc3O5)Oc3ccccc3-c3ccccc3O4)cc2)N1[O]. The van der Waals surface area contributed by atoms with E-state index in [0.29, 0.717) is 60.2 Å². The Labute approximate surface area is 443 Å². The molecule has 13 nitrogen and oxygen atoms in total. The van der Waals surface area contributed by atoms with Crippen molar-refractivity contribution in [3.63, 3.8) is 0 Å². The van der Waals surface area contributed by atoms with Gasteiger partial charge in [-0.2, -0.15) is 0 Å². The molecule has 76 heavy (non-hydrogen) atoms. The maximum Gasteiger partial charge on any atom is 0.460 e. The van der Waals surface area contributed by atoms with Gasteiger partial charge in [0.2, 0.25) is 0 Å². The van der Waals surface area contributed by atoms with Crippen LogP contribution in [0.3, 0.4) is 0 Å². The van der Waals surface area contributed by atoms with Crippen LogP contribution >= 0.6 is 23.0 Å². The van der Waals surface area contributed by atoms with E-state index in [1.807, 2.05) is 234 Å². The van der Waals surface area contributed by atoms with Crippen molar-refractivity contribution in [1.29, 1.82) is 0 Å². The van der Waals surface area contributed by atoms with E-state index in [-0.39, 0.29) is 0 Å². The Morgan fingerprint density at radius 3 is 0.961 bits per heavy atom. The van der Waals surface area contributed by atoms with Gasteiger partial charge < -0.3 is 27.1 Å². The van der Waals surface area contributed by atoms with Gasteiger partial charge in [0.15, 0.2) is 0 Å². The fourth-order valence-corrected chi connectivity index (χ4v) is 20.6. The number of rotatable bonds is 8. The van der Waals surface area contributed by atoms with Gasteiger partial charge >= 0.3 is 23.0 Å². The molecule has 8 aromatic carbocycles. The van der Waals surface area contributed by atoms with Crippen LogP contribution < -0.4 is 27.1 Å². The number of hydrogen-bond acceptors (Lipinski definition) is 11. The van der Waals surface area contributed by atoms with Crippen LogP contribution in [0.15, 0.2) is 220 Å². The van der Waals surface area contributed by atoms with Gasteiger partial charge in [-0.15, -0.1) is 20.5 Å². The van der Waals surface area contributed by atoms with Crippen LogP contribution in [-0.2, 0) is 32.6 Å². The maximum atomic E-state index is 14.6. The molecule has 8 aromatic rings. The first-order valence-electron chi connectivity index (χ1n) is 25.5. The van der Waals surface area contributed by atoms with Crippen LogP contribution in [0.1, 0.15) is 75.6 Å². The summed E-state index contributed by atoms with van der Waals surface area (Å²) in [6.07, 6.45) is 2.61. The van der Waals surface area contributed by atoms with Crippen molar-refractivity contribution in [3.05, 3.63) is 229 Å². The molecule has 0 bridgehead atoms. The Kier molecular flexibility index (Phi) is 11.6. The molecule has 5 aliphatic rings. The monoisotopic (exact) mass is 1070 g/mol. The van der Waals surface area contributed by atoms with Crippen molar-refractivity contribution in [2.45, 2.75) is 75.5 Å². The highest BCUT2D eigenvalue weighted by Crippen LogP contribution is 2.80. The number of benzene rings is 8. The van der Waals surface area contributed by atoms with Gasteiger partial charge in [-0.25, -0.2) is 0 Å². The zero-order valence-corrected chi connectivity index (χ0v) is 45.0. The molecule has 0 N–H and O–H groups in total. The van der Waals surface area contributed by atoms with E-state index >= 15 is 0 Å². The molecule has 13 rings (SSSR count). The molecular formula is C60H54N5O8P3. The second-order valence-corrected chi connectivity index (χ2v) is 26.9. The first-order chi connectivity index (χ1) is 36.7. The lowest BCUT2D eigenvalue weighted by Gasteiger charge is -2.37. The van der Waals surface area contributed by atoms with Gasteiger partial charge in [0.05, 0.1) is 22.2 Å². The minimum atomic E-state index is -4.24. The molecule has 2 radical (unpaired) electrons. The van der Waals surface area contributed by atoms with Crippen LogP contribution in [0.25, 0.3) is 22.3 Å². The number of fused-ring (bicyclic) bond motifs is 6. The molecule has 382 valence electrons. The molecule has 4 atom stereocenters. The number of hydroxylamine groups is 4. The summed E-state index contributed by atoms with van der Waals surface area (Å²) in [6, 6.07) is 65.5. The minimum Gasteiger partial charge on any atom is -0.413 e. The van der Waals surface area contributed by atoms with Crippen molar-refractivity contribution in [2.24, 2.45) is 13.5 Å². The third-order valence-corrected chi connectivity index (χ3v) is 23.9. The Hall–Kier alpha value is -6.91. The molecule has 0 aromatic heterocycles. The molecule has 0 amide bonds. The van der Waals surface area contributed by atoms with Crippen LogP contribution in [0.5, 0.6) is 34.5 Å². The second kappa shape index (κ2) is 18.1. The molecular weight excluding hydrogens is 1010 g/mol. The lowest BCUT2D eigenvalue weighted by molar-refractivity contribution is -0.260. The highest BCUT2D eigenvalue weighted by molar-refractivity contribution is 7.79. The standard InChI is InChI=1S/C60H54N5O8P3/c1-57(43-19-7-5-8-20-43)39-41-59(3,64(57)66)45-31-35-47(36-32-45)68-74(69-48-37-33-46(34-38-48)60(4)42-40-58(2,65(60)67)44-21-9-6-10-22-44)61-75(70-53-27-15-11-23-49(53)50-24-12-16-28-54(50)71-75)63-76(62-74)72-55-29-17-13-25-51(55)52-26-14-18-30-56(52)73-76/h5-38H,39-42H2,1-4H3/t57-,58-,59-,60-/m0/s1. The molecule has 2 fully saturated rings. The molecule has 16 heteroatoms. The normalized spacial score (nSPS) is 25.4. The van der Waals surface area contributed by atoms with Crippen molar-refractivity contribution in [3.8, 4) is 56.8 Å². The Morgan fingerprint density at radius 1 is 0.355 bits per heavy atom. The zero-order chi connectivity index (χ0) is 52.0. The van der Waals surface area contributed by atoms with Crippen molar-refractivity contribution >= 4 is 23.0 Å². The van der Waals surface area contributed by atoms with Gasteiger partial charge in [-0.3, -0.25) is 0 Å². The maximum absolute atomic E-state index is 14.6. The Bertz CT molecular complexity index is 3410. The van der Waals surface area contributed by atoms with E-state index in [9.17, 15) is 10.4 Å². The summed E-state index contributed by atoms with van der Waals surface area (Å²) in [6.45, 7) is 8.02. The third kappa shape index (κ3) is 8.03. The van der Waals surface area contributed by atoms with Crippen LogP contribution in [0.2, 0.25) is 0 Å². The second-order valence-electron chi connectivity index (χ2n) is 20.7. The summed E-state index contributed by atoms with van der Waals surface area (Å²) in [5.74, 6) is 2.58.